The summed E-state index contributed by atoms with van der Waals surface area (Å²) in [5, 5.41) is 2.71. The van der Waals surface area contributed by atoms with Crippen LogP contribution >= 0.6 is 22.9 Å². The quantitative estimate of drug-likeness (QED) is 0.310. The fourth-order valence-corrected chi connectivity index (χ4v) is 5.82. The number of fused-ring (bicyclic) bond motifs is 2. The molecule has 1 aliphatic rings. The Balaban J connectivity index is 1.23. The molecule has 1 aliphatic heterocycles. The van der Waals surface area contributed by atoms with E-state index in [0.717, 1.165) is 44.4 Å². The summed E-state index contributed by atoms with van der Waals surface area (Å²) in [5.74, 6) is 0.152. The maximum Gasteiger partial charge on any atom is 0.240 e. The average Bonchev–Trinajstić information content (AvgIpc) is 3.60. The number of thiazole rings is 1. The molecule has 182 valence electrons. The molecule has 6 rings (SSSR count). The maximum atomic E-state index is 13.6. The van der Waals surface area contributed by atoms with E-state index in [2.05, 4.69) is 25.9 Å². The molecule has 9 heteroatoms. The summed E-state index contributed by atoms with van der Waals surface area (Å²) < 4.78 is 0. The number of benzene rings is 2. The first kappa shape index (κ1) is 23.0. The van der Waals surface area contributed by atoms with Crippen LogP contribution in [0.3, 0.4) is 0 Å². The van der Waals surface area contributed by atoms with Crippen molar-refractivity contribution in [2.75, 3.05) is 12.3 Å². The SMILES string of the molecule is Nc1ccnc2cc(CN3CC[C@@H](N(Cc4cc5cc(Cl)ccc5[nH]4)Cc4cncs4)C3=O)ccc12. The highest BCUT2D eigenvalue weighted by atomic mass is 35.5. The fourth-order valence-electron chi connectivity index (χ4n) is 5.02. The highest BCUT2D eigenvalue weighted by Crippen LogP contribution is 2.27. The van der Waals surface area contributed by atoms with Crippen molar-refractivity contribution in [1.29, 1.82) is 0 Å². The summed E-state index contributed by atoms with van der Waals surface area (Å²) in [4.78, 5) is 31.1. The molecule has 7 nitrogen and oxygen atoms in total. The number of anilines is 1. The van der Waals surface area contributed by atoms with Crippen molar-refractivity contribution in [3.05, 3.63) is 87.6 Å². The van der Waals surface area contributed by atoms with Crippen LogP contribution in [-0.4, -0.2) is 43.2 Å². The number of rotatable bonds is 7. The van der Waals surface area contributed by atoms with Crippen LogP contribution in [-0.2, 0) is 24.4 Å². The number of aromatic nitrogens is 3. The first-order chi connectivity index (χ1) is 17.5. The number of likely N-dealkylation sites (tertiary alicyclic amines) is 1. The van der Waals surface area contributed by atoms with Gasteiger partial charge in [-0.15, -0.1) is 11.3 Å². The topological polar surface area (TPSA) is 91.1 Å². The second-order valence-corrected chi connectivity index (χ2v) is 10.6. The minimum absolute atomic E-state index is 0.152. The van der Waals surface area contributed by atoms with E-state index in [1.165, 1.54) is 0 Å². The van der Waals surface area contributed by atoms with E-state index in [-0.39, 0.29) is 11.9 Å². The first-order valence-corrected chi connectivity index (χ1v) is 13.1. The summed E-state index contributed by atoms with van der Waals surface area (Å²) in [6.45, 7) is 2.58. The molecule has 1 amide bonds. The van der Waals surface area contributed by atoms with Crippen LogP contribution in [0.2, 0.25) is 5.02 Å². The molecule has 0 unspecified atom stereocenters. The van der Waals surface area contributed by atoms with Crippen molar-refractivity contribution >= 4 is 56.3 Å². The maximum absolute atomic E-state index is 13.6. The predicted octanol–water partition coefficient (Wildman–Crippen LogP) is 5.21. The van der Waals surface area contributed by atoms with Crippen LogP contribution in [0.25, 0.3) is 21.8 Å². The number of H-pyrrole nitrogens is 1. The lowest BCUT2D eigenvalue weighted by Gasteiger charge is -2.27. The van der Waals surface area contributed by atoms with Gasteiger partial charge in [-0.05, 0) is 48.4 Å². The second-order valence-electron chi connectivity index (χ2n) is 9.21. The molecule has 0 spiro atoms. The predicted molar refractivity (Wildman–Crippen MR) is 145 cm³/mol. The largest absolute Gasteiger partial charge is 0.398 e. The minimum Gasteiger partial charge on any atom is -0.398 e. The molecule has 5 aromatic rings. The summed E-state index contributed by atoms with van der Waals surface area (Å²) in [6, 6.07) is 15.6. The van der Waals surface area contributed by atoms with Crippen LogP contribution in [0, 0.1) is 0 Å². The van der Waals surface area contributed by atoms with E-state index >= 15 is 0 Å². The molecule has 3 N–H and O–H groups in total. The van der Waals surface area contributed by atoms with E-state index in [1.807, 2.05) is 53.0 Å². The van der Waals surface area contributed by atoms with E-state index < -0.39 is 0 Å². The molecule has 0 bridgehead atoms. The first-order valence-electron chi connectivity index (χ1n) is 11.8. The molecule has 1 atom stereocenters. The third-order valence-electron chi connectivity index (χ3n) is 6.78. The molecule has 0 aliphatic carbocycles. The molecule has 1 saturated heterocycles. The molecular formula is C27H25ClN6OS. The number of carbonyl (C=O) groups excluding carboxylic acids is 1. The normalized spacial score (nSPS) is 16.1. The van der Waals surface area contributed by atoms with Gasteiger partial charge in [-0.1, -0.05) is 23.7 Å². The van der Waals surface area contributed by atoms with Crippen molar-refractivity contribution in [2.24, 2.45) is 0 Å². The second kappa shape index (κ2) is 9.54. The number of halogens is 1. The van der Waals surface area contributed by atoms with Gasteiger partial charge in [0.05, 0.1) is 17.1 Å². The summed E-state index contributed by atoms with van der Waals surface area (Å²) in [5.41, 5.74) is 12.6. The van der Waals surface area contributed by atoms with Gasteiger partial charge in [0.1, 0.15) is 0 Å². The Hall–Kier alpha value is -3.46. The van der Waals surface area contributed by atoms with Crippen molar-refractivity contribution in [1.82, 2.24) is 24.8 Å². The zero-order valence-corrected chi connectivity index (χ0v) is 21.1. The monoisotopic (exact) mass is 516 g/mol. The molecule has 4 heterocycles. The van der Waals surface area contributed by atoms with Crippen LogP contribution in [0.1, 0.15) is 22.6 Å². The summed E-state index contributed by atoms with van der Waals surface area (Å²) >= 11 is 7.80. The Morgan fingerprint density at radius 1 is 1.17 bits per heavy atom. The number of nitrogens with one attached hydrogen (secondary N) is 1. The number of carbonyl (C=O) groups is 1. The molecule has 36 heavy (non-hydrogen) atoms. The van der Waals surface area contributed by atoms with Gasteiger partial charge in [0, 0.05) is 76.1 Å². The third-order valence-corrected chi connectivity index (χ3v) is 7.78. The Morgan fingerprint density at radius 2 is 2.08 bits per heavy atom. The Kier molecular flexibility index (Phi) is 6.08. The number of nitrogen functional groups attached to an aromatic ring is 1. The van der Waals surface area contributed by atoms with Gasteiger partial charge in [-0.3, -0.25) is 19.7 Å². The zero-order chi connectivity index (χ0) is 24.6. The van der Waals surface area contributed by atoms with Gasteiger partial charge in [-0.25, -0.2) is 0 Å². The zero-order valence-electron chi connectivity index (χ0n) is 19.5. The minimum atomic E-state index is -0.198. The lowest BCUT2D eigenvalue weighted by molar-refractivity contribution is -0.133. The van der Waals surface area contributed by atoms with E-state index in [9.17, 15) is 4.79 Å². The van der Waals surface area contributed by atoms with Crippen LogP contribution < -0.4 is 5.73 Å². The lowest BCUT2D eigenvalue weighted by Crippen LogP contribution is -2.41. The highest BCUT2D eigenvalue weighted by Gasteiger charge is 2.36. The number of amides is 1. The van der Waals surface area contributed by atoms with Crippen molar-refractivity contribution in [3.8, 4) is 0 Å². The van der Waals surface area contributed by atoms with E-state index in [4.69, 9.17) is 17.3 Å². The number of pyridine rings is 1. The molecular weight excluding hydrogens is 492 g/mol. The Bertz CT molecular complexity index is 1550. The Labute approximate surface area is 217 Å². The standard InChI is InChI=1S/C27H25ClN6OS/c28-19-2-4-24-18(10-19)11-20(32-24)14-34(15-21-12-30-16-36-21)26-6-8-33(27(26)35)13-17-1-3-22-23(29)5-7-31-25(22)9-17/h1-5,7,9-12,16,26,32H,6,8,13-15H2,(H2,29,31)/t26-/m1/s1. The van der Waals surface area contributed by atoms with Gasteiger partial charge in [0.25, 0.3) is 0 Å². The van der Waals surface area contributed by atoms with Crippen molar-refractivity contribution in [2.45, 2.75) is 32.1 Å². The number of aromatic amines is 1. The van der Waals surface area contributed by atoms with Crippen molar-refractivity contribution < 1.29 is 4.79 Å². The average molecular weight is 517 g/mol. The molecule has 0 saturated carbocycles. The summed E-state index contributed by atoms with van der Waals surface area (Å²) in [6.07, 6.45) is 4.38. The van der Waals surface area contributed by atoms with Crippen molar-refractivity contribution in [3.63, 3.8) is 0 Å². The molecule has 0 radical (unpaired) electrons. The lowest BCUT2D eigenvalue weighted by atomic mass is 10.1. The van der Waals surface area contributed by atoms with E-state index in [1.54, 1.807) is 23.6 Å². The van der Waals surface area contributed by atoms with E-state index in [0.29, 0.717) is 36.9 Å². The number of hydrogen-bond acceptors (Lipinski definition) is 6. The number of nitrogens with zero attached hydrogens (tertiary/aromatic N) is 4. The Morgan fingerprint density at radius 3 is 2.94 bits per heavy atom. The van der Waals surface area contributed by atoms with Crippen LogP contribution in [0.5, 0.6) is 0 Å². The highest BCUT2D eigenvalue weighted by molar-refractivity contribution is 7.09. The smallest absolute Gasteiger partial charge is 0.240 e. The summed E-state index contributed by atoms with van der Waals surface area (Å²) in [7, 11) is 0. The molecule has 3 aromatic heterocycles. The number of nitrogens with two attached hydrogens (primary N) is 1. The van der Waals surface area contributed by atoms with Crippen LogP contribution in [0.4, 0.5) is 5.69 Å². The van der Waals surface area contributed by atoms with Gasteiger partial charge in [0.15, 0.2) is 0 Å². The molecule has 2 aromatic carbocycles. The van der Waals surface area contributed by atoms with Gasteiger partial charge < -0.3 is 15.6 Å². The fraction of sp³-hybridized carbons (Fsp3) is 0.222. The van der Waals surface area contributed by atoms with Gasteiger partial charge in [0.2, 0.25) is 5.91 Å². The number of hydrogen-bond donors (Lipinski definition) is 2. The van der Waals surface area contributed by atoms with Gasteiger partial charge in [-0.2, -0.15) is 0 Å². The van der Waals surface area contributed by atoms with Crippen LogP contribution in [0.15, 0.2) is 66.4 Å². The third kappa shape index (κ3) is 4.55. The van der Waals surface area contributed by atoms with Gasteiger partial charge >= 0.3 is 0 Å². The molecule has 1 fully saturated rings.